The molecule has 5 nitrogen and oxygen atoms in total. The number of aromatic amines is 1. The number of para-hydroxylation sites is 1. The molecule has 0 radical (unpaired) electrons. The van der Waals surface area contributed by atoms with Gasteiger partial charge in [-0.05, 0) is 48.2 Å². The van der Waals surface area contributed by atoms with E-state index < -0.39 is 0 Å². The minimum absolute atomic E-state index is 0.000525. The zero-order valence-corrected chi connectivity index (χ0v) is 14.7. The summed E-state index contributed by atoms with van der Waals surface area (Å²) in [7, 11) is 0. The quantitative estimate of drug-likeness (QED) is 0.761. The molecule has 26 heavy (non-hydrogen) atoms. The van der Waals surface area contributed by atoms with E-state index in [2.05, 4.69) is 22.4 Å². The lowest BCUT2D eigenvalue weighted by molar-refractivity contribution is -0.126. The first kappa shape index (κ1) is 16.4. The van der Waals surface area contributed by atoms with Crippen LogP contribution in [0.1, 0.15) is 17.7 Å². The Morgan fingerprint density at radius 3 is 2.81 bits per heavy atom. The van der Waals surface area contributed by atoms with Crippen molar-refractivity contribution in [1.82, 2.24) is 10.3 Å². The minimum atomic E-state index is -0.305. The van der Waals surface area contributed by atoms with Crippen LogP contribution in [0, 0.1) is 12.8 Å². The number of carbonyl (C=O) groups excluding carboxylic acids is 2. The van der Waals surface area contributed by atoms with Gasteiger partial charge in [-0.3, -0.25) is 9.59 Å². The number of hydrogen-bond donors (Lipinski definition) is 2. The Labute approximate surface area is 152 Å². The molecule has 132 valence electrons. The summed E-state index contributed by atoms with van der Waals surface area (Å²) in [4.78, 5) is 29.8. The molecule has 0 spiro atoms. The van der Waals surface area contributed by atoms with E-state index in [-0.39, 0.29) is 24.2 Å². The lowest BCUT2D eigenvalue weighted by Crippen LogP contribution is -2.32. The predicted molar refractivity (Wildman–Crippen MR) is 102 cm³/mol. The molecule has 1 aliphatic heterocycles. The Kier molecular flexibility index (Phi) is 4.21. The molecule has 0 aliphatic carbocycles. The highest BCUT2D eigenvalue weighted by Gasteiger charge is 2.34. The molecule has 1 saturated heterocycles. The molecular weight excluding hydrogens is 326 g/mol. The van der Waals surface area contributed by atoms with Crippen LogP contribution in [-0.4, -0.2) is 23.3 Å². The zero-order chi connectivity index (χ0) is 18.1. The number of nitrogens with one attached hydrogen (secondary N) is 2. The number of aryl methyl sites for hydroxylation is 1. The number of H-pyrrole nitrogens is 1. The fourth-order valence-electron chi connectivity index (χ4n) is 3.51. The monoisotopic (exact) mass is 347 g/mol. The van der Waals surface area contributed by atoms with Crippen molar-refractivity contribution in [2.24, 2.45) is 5.92 Å². The Balaban J connectivity index is 1.39. The largest absolute Gasteiger partial charge is 0.359 e. The van der Waals surface area contributed by atoms with Crippen LogP contribution in [0.4, 0.5) is 5.69 Å². The molecule has 2 heterocycles. The predicted octanol–water partition coefficient (Wildman–Crippen LogP) is 3.15. The van der Waals surface area contributed by atoms with Crippen LogP contribution < -0.4 is 10.2 Å². The normalized spacial score (nSPS) is 17.0. The third kappa shape index (κ3) is 3.20. The van der Waals surface area contributed by atoms with Crippen molar-refractivity contribution in [2.75, 3.05) is 11.4 Å². The molecule has 4 rings (SSSR count). The van der Waals surface area contributed by atoms with E-state index in [1.165, 1.54) is 0 Å². The van der Waals surface area contributed by atoms with E-state index >= 15 is 0 Å². The number of anilines is 1. The summed E-state index contributed by atoms with van der Waals surface area (Å²) in [5.74, 6) is -0.372. The topological polar surface area (TPSA) is 65.2 Å². The van der Waals surface area contributed by atoms with Crippen LogP contribution in [-0.2, 0) is 16.1 Å². The van der Waals surface area contributed by atoms with Crippen molar-refractivity contribution in [1.29, 1.82) is 0 Å². The van der Waals surface area contributed by atoms with Gasteiger partial charge in [0.15, 0.2) is 0 Å². The van der Waals surface area contributed by atoms with Crippen molar-refractivity contribution < 1.29 is 9.59 Å². The van der Waals surface area contributed by atoms with Crippen LogP contribution in [0.5, 0.6) is 0 Å². The Bertz CT molecular complexity index is 962. The number of fused-ring (bicyclic) bond motifs is 1. The maximum Gasteiger partial charge on any atom is 0.227 e. The fraction of sp³-hybridized carbons (Fsp3) is 0.238. The zero-order valence-electron chi connectivity index (χ0n) is 14.7. The summed E-state index contributed by atoms with van der Waals surface area (Å²) in [5.41, 5.74) is 4.11. The Morgan fingerprint density at radius 2 is 2.00 bits per heavy atom. The van der Waals surface area contributed by atoms with Crippen molar-refractivity contribution >= 4 is 28.4 Å². The lowest BCUT2D eigenvalue weighted by Gasteiger charge is -2.16. The molecule has 1 aliphatic rings. The van der Waals surface area contributed by atoms with Gasteiger partial charge in [-0.15, -0.1) is 0 Å². The maximum atomic E-state index is 12.5. The first-order chi connectivity index (χ1) is 12.6. The van der Waals surface area contributed by atoms with Gasteiger partial charge < -0.3 is 15.2 Å². The SMILES string of the molecule is Cc1cc2cc(CNC(=O)C3CC(=O)N(c4ccccc4)C3)ccc2[nH]1. The molecule has 1 fully saturated rings. The first-order valence-corrected chi connectivity index (χ1v) is 8.81. The van der Waals surface area contributed by atoms with Gasteiger partial charge in [-0.2, -0.15) is 0 Å². The molecule has 1 unspecified atom stereocenters. The molecule has 1 aromatic heterocycles. The molecule has 0 bridgehead atoms. The molecule has 5 heteroatoms. The number of nitrogens with zero attached hydrogens (tertiary/aromatic N) is 1. The number of hydrogen-bond acceptors (Lipinski definition) is 2. The van der Waals surface area contributed by atoms with Gasteiger partial charge in [0, 0.05) is 36.4 Å². The molecule has 1 atom stereocenters. The highest BCUT2D eigenvalue weighted by Crippen LogP contribution is 2.25. The van der Waals surface area contributed by atoms with E-state index in [0.29, 0.717) is 13.1 Å². The number of amides is 2. The van der Waals surface area contributed by atoms with Crippen LogP contribution >= 0.6 is 0 Å². The molecule has 2 aromatic carbocycles. The van der Waals surface area contributed by atoms with Crippen molar-refractivity contribution in [2.45, 2.75) is 19.9 Å². The van der Waals surface area contributed by atoms with E-state index in [9.17, 15) is 9.59 Å². The van der Waals surface area contributed by atoms with Crippen LogP contribution in [0.25, 0.3) is 10.9 Å². The fourth-order valence-corrected chi connectivity index (χ4v) is 3.51. The summed E-state index contributed by atoms with van der Waals surface area (Å²) >= 11 is 0. The first-order valence-electron chi connectivity index (χ1n) is 8.81. The molecule has 0 saturated carbocycles. The second-order valence-corrected chi connectivity index (χ2v) is 6.83. The van der Waals surface area contributed by atoms with E-state index in [1.54, 1.807) is 4.90 Å². The van der Waals surface area contributed by atoms with Gasteiger partial charge >= 0.3 is 0 Å². The van der Waals surface area contributed by atoms with E-state index in [1.807, 2.05) is 49.4 Å². The number of rotatable bonds is 4. The van der Waals surface area contributed by atoms with Crippen molar-refractivity contribution in [3.8, 4) is 0 Å². The van der Waals surface area contributed by atoms with Gasteiger partial charge in [0.05, 0.1) is 5.92 Å². The van der Waals surface area contributed by atoms with Gasteiger partial charge in [0.1, 0.15) is 0 Å². The number of carbonyl (C=O) groups is 2. The summed E-state index contributed by atoms with van der Waals surface area (Å²) in [6, 6.07) is 17.7. The number of benzene rings is 2. The second-order valence-electron chi connectivity index (χ2n) is 6.83. The Morgan fingerprint density at radius 1 is 1.19 bits per heavy atom. The van der Waals surface area contributed by atoms with Gasteiger partial charge in [0.2, 0.25) is 11.8 Å². The van der Waals surface area contributed by atoms with E-state index in [0.717, 1.165) is 27.8 Å². The van der Waals surface area contributed by atoms with E-state index in [4.69, 9.17) is 0 Å². The van der Waals surface area contributed by atoms with Crippen LogP contribution in [0.3, 0.4) is 0 Å². The lowest BCUT2D eigenvalue weighted by atomic mass is 10.1. The average Bonchev–Trinajstić information content (AvgIpc) is 3.21. The Hall–Kier alpha value is -3.08. The molecular formula is C21H21N3O2. The van der Waals surface area contributed by atoms with Crippen LogP contribution in [0.2, 0.25) is 0 Å². The highest BCUT2D eigenvalue weighted by atomic mass is 16.2. The number of aromatic nitrogens is 1. The maximum absolute atomic E-state index is 12.5. The van der Waals surface area contributed by atoms with Gasteiger partial charge in [0.25, 0.3) is 0 Å². The summed E-state index contributed by atoms with van der Waals surface area (Å²) < 4.78 is 0. The third-order valence-corrected chi connectivity index (χ3v) is 4.85. The van der Waals surface area contributed by atoms with Crippen molar-refractivity contribution in [3.63, 3.8) is 0 Å². The smallest absolute Gasteiger partial charge is 0.227 e. The van der Waals surface area contributed by atoms with Gasteiger partial charge in [-0.25, -0.2) is 0 Å². The molecule has 2 amide bonds. The van der Waals surface area contributed by atoms with Crippen molar-refractivity contribution in [3.05, 3.63) is 65.9 Å². The highest BCUT2D eigenvalue weighted by molar-refractivity contribution is 6.00. The molecule has 3 aromatic rings. The average molecular weight is 347 g/mol. The standard InChI is InChI=1S/C21H21N3O2/c1-14-9-16-10-15(7-8-19(16)23-14)12-22-21(26)17-11-20(25)24(13-17)18-5-3-2-4-6-18/h2-10,17,23H,11-13H2,1H3,(H,22,26). The van der Waals surface area contributed by atoms with Crippen LogP contribution in [0.15, 0.2) is 54.6 Å². The second kappa shape index (κ2) is 6.67. The summed E-state index contributed by atoms with van der Waals surface area (Å²) in [5, 5.41) is 4.12. The third-order valence-electron chi connectivity index (χ3n) is 4.85. The minimum Gasteiger partial charge on any atom is -0.359 e. The summed E-state index contributed by atoms with van der Waals surface area (Å²) in [6.07, 6.45) is 0.261. The summed E-state index contributed by atoms with van der Waals surface area (Å²) in [6.45, 7) is 2.93. The molecule has 2 N–H and O–H groups in total. The van der Waals surface area contributed by atoms with Gasteiger partial charge in [-0.1, -0.05) is 24.3 Å².